The molecule has 6 heteroatoms. The number of hydrazone groups is 1. The minimum absolute atomic E-state index is 0.0763. The van der Waals surface area contributed by atoms with E-state index < -0.39 is 0 Å². The highest BCUT2D eigenvalue weighted by Gasteiger charge is 2.26. The van der Waals surface area contributed by atoms with Gasteiger partial charge in [-0.25, -0.2) is 9.69 Å². The van der Waals surface area contributed by atoms with Gasteiger partial charge < -0.3 is 0 Å². The average Bonchev–Trinajstić information content (AvgIpc) is 3.08. The van der Waals surface area contributed by atoms with Crippen molar-refractivity contribution >= 4 is 28.2 Å². The summed E-state index contributed by atoms with van der Waals surface area (Å²) in [6.45, 7) is 4.04. The van der Waals surface area contributed by atoms with E-state index in [1.54, 1.807) is 4.68 Å². The monoisotopic (exact) mass is 452 g/mol. The van der Waals surface area contributed by atoms with E-state index in [9.17, 15) is 4.79 Å². The summed E-state index contributed by atoms with van der Waals surface area (Å²) in [6.07, 6.45) is 0. The van der Waals surface area contributed by atoms with Gasteiger partial charge in [0.25, 0.3) is 5.56 Å². The van der Waals surface area contributed by atoms with Gasteiger partial charge in [0.15, 0.2) is 0 Å². The van der Waals surface area contributed by atoms with Gasteiger partial charge >= 0.3 is 0 Å². The first-order chi connectivity index (χ1) is 16.0. The van der Waals surface area contributed by atoms with Crippen LogP contribution in [0.4, 0.5) is 5.69 Å². The van der Waals surface area contributed by atoms with Crippen molar-refractivity contribution in [2.45, 2.75) is 13.8 Å². The van der Waals surface area contributed by atoms with Crippen LogP contribution < -0.4 is 10.6 Å². The van der Waals surface area contributed by atoms with E-state index in [-0.39, 0.29) is 5.56 Å². The fourth-order valence-electron chi connectivity index (χ4n) is 3.93. The van der Waals surface area contributed by atoms with Gasteiger partial charge in [0, 0.05) is 23.7 Å². The van der Waals surface area contributed by atoms with Gasteiger partial charge in [0.05, 0.1) is 22.6 Å². The molecular weight excluding hydrogens is 428 g/mol. The summed E-state index contributed by atoms with van der Waals surface area (Å²) in [7, 11) is 1.91. The van der Waals surface area contributed by atoms with Crippen molar-refractivity contribution in [3.63, 3.8) is 0 Å². The maximum atomic E-state index is 13.6. The van der Waals surface area contributed by atoms with Crippen LogP contribution in [0.2, 0.25) is 0 Å². The molecule has 4 aromatic rings. The Labute approximate surface area is 197 Å². The van der Waals surface area contributed by atoms with Crippen molar-refractivity contribution in [3.05, 3.63) is 123 Å². The van der Waals surface area contributed by atoms with Gasteiger partial charge in [-0.2, -0.15) is 5.10 Å². The molecule has 1 aliphatic heterocycles. The zero-order chi connectivity index (χ0) is 22.9. The molecule has 33 heavy (non-hydrogen) atoms. The van der Waals surface area contributed by atoms with Gasteiger partial charge in [-0.3, -0.25) is 9.48 Å². The minimum Gasteiger partial charge on any atom is -0.285 e. The number of thioether (sulfide) groups is 1. The van der Waals surface area contributed by atoms with E-state index in [2.05, 4.69) is 36.6 Å². The molecular formula is C27H24N4OS. The number of benzene rings is 3. The highest BCUT2D eigenvalue weighted by atomic mass is 32.2. The van der Waals surface area contributed by atoms with Crippen LogP contribution in [0.25, 0.3) is 11.4 Å². The molecule has 5 rings (SSSR count). The Kier molecular flexibility index (Phi) is 5.52. The molecule has 0 saturated carbocycles. The van der Waals surface area contributed by atoms with Crippen molar-refractivity contribution in [1.29, 1.82) is 0 Å². The fourth-order valence-corrected chi connectivity index (χ4v) is 4.87. The van der Waals surface area contributed by atoms with Crippen molar-refractivity contribution in [2.75, 3.05) is 5.01 Å². The number of aromatic nitrogens is 2. The van der Waals surface area contributed by atoms with Crippen LogP contribution in [0.1, 0.15) is 22.4 Å². The van der Waals surface area contributed by atoms with Crippen molar-refractivity contribution in [1.82, 2.24) is 9.36 Å². The van der Waals surface area contributed by atoms with Crippen molar-refractivity contribution in [2.24, 2.45) is 12.1 Å². The number of rotatable bonds is 4. The first kappa shape index (κ1) is 21.1. The van der Waals surface area contributed by atoms with Crippen molar-refractivity contribution < 1.29 is 0 Å². The highest BCUT2D eigenvalue weighted by Crippen LogP contribution is 2.35. The Morgan fingerprint density at radius 2 is 1.39 bits per heavy atom. The molecule has 0 amide bonds. The van der Waals surface area contributed by atoms with Crippen molar-refractivity contribution in [3.8, 4) is 5.69 Å². The number of hydrogen-bond acceptors (Lipinski definition) is 4. The Morgan fingerprint density at radius 3 is 2.03 bits per heavy atom. The molecule has 0 spiro atoms. The number of anilines is 1. The van der Waals surface area contributed by atoms with E-state index in [1.807, 2.05) is 84.3 Å². The lowest BCUT2D eigenvalue weighted by molar-refractivity contribution is 0.630. The molecule has 2 heterocycles. The minimum atomic E-state index is -0.0763. The predicted octanol–water partition coefficient (Wildman–Crippen LogP) is 5.71. The van der Waals surface area contributed by atoms with Crippen LogP contribution in [0.5, 0.6) is 0 Å². The van der Waals surface area contributed by atoms with E-state index in [4.69, 9.17) is 5.10 Å². The van der Waals surface area contributed by atoms with Gasteiger partial charge in [0.1, 0.15) is 5.04 Å². The third kappa shape index (κ3) is 3.83. The fraction of sp³-hybridized carbons (Fsp3) is 0.111. The van der Waals surface area contributed by atoms with Gasteiger partial charge in [-0.1, -0.05) is 78.0 Å². The lowest BCUT2D eigenvalue weighted by atomic mass is 10.1. The van der Waals surface area contributed by atoms with Gasteiger partial charge in [0.2, 0.25) is 0 Å². The summed E-state index contributed by atoms with van der Waals surface area (Å²) >= 11 is 1.49. The molecule has 0 unspecified atom stereocenters. The Hall–Kier alpha value is -3.77. The zero-order valence-electron chi connectivity index (χ0n) is 18.8. The Morgan fingerprint density at radius 1 is 0.788 bits per heavy atom. The molecule has 1 aromatic heterocycles. The van der Waals surface area contributed by atoms with Gasteiger partial charge in [-0.15, -0.1) is 0 Å². The molecule has 0 saturated heterocycles. The van der Waals surface area contributed by atoms with Crippen LogP contribution in [0.15, 0.2) is 100 Å². The summed E-state index contributed by atoms with van der Waals surface area (Å²) in [4.78, 5) is 13.6. The summed E-state index contributed by atoms with van der Waals surface area (Å²) in [5, 5.41) is 9.68. The molecule has 0 fully saturated rings. The summed E-state index contributed by atoms with van der Waals surface area (Å²) in [5.41, 5.74) is 6.45. The second-order valence-electron chi connectivity index (χ2n) is 7.98. The zero-order valence-corrected chi connectivity index (χ0v) is 19.6. The Balaban J connectivity index is 1.64. The Bertz CT molecular complexity index is 1410. The first-order valence-electron chi connectivity index (χ1n) is 10.8. The number of aryl methyl sites for hydroxylation is 1. The first-order valence-corrected chi connectivity index (χ1v) is 11.6. The third-order valence-electron chi connectivity index (χ3n) is 5.82. The van der Waals surface area contributed by atoms with Crippen LogP contribution in [0, 0.1) is 13.8 Å². The molecule has 0 radical (unpaired) electrons. The van der Waals surface area contributed by atoms with Crippen LogP contribution in [-0.2, 0) is 7.05 Å². The molecule has 5 nitrogen and oxygen atoms in total. The quantitative estimate of drug-likeness (QED) is 0.399. The molecule has 1 aliphatic rings. The standard InChI is InChI=1S/C27H24N4OS/c1-19-14-16-21(17-15-19)24-18-33-26(28-30(24)22-10-6-4-7-11-22)25-20(2)29(3)31(27(25)32)23-12-8-5-9-13-23/h4-18H,1-3H3. The van der Waals surface area contributed by atoms with Gasteiger partial charge in [-0.05, 0) is 38.1 Å². The highest BCUT2D eigenvalue weighted by molar-refractivity contribution is 8.17. The summed E-state index contributed by atoms with van der Waals surface area (Å²) < 4.78 is 3.59. The second-order valence-corrected chi connectivity index (χ2v) is 8.83. The van der Waals surface area contributed by atoms with E-state index in [0.29, 0.717) is 10.6 Å². The van der Waals surface area contributed by atoms with E-state index in [1.165, 1.54) is 17.3 Å². The molecule has 3 aromatic carbocycles. The largest absolute Gasteiger partial charge is 0.285 e. The molecule has 0 bridgehead atoms. The summed E-state index contributed by atoms with van der Waals surface area (Å²) in [6, 6.07) is 28.1. The smallest absolute Gasteiger partial charge is 0.281 e. The number of para-hydroxylation sites is 2. The predicted molar refractivity (Wildman–Crippen MR) is 138 cm³/mol. The van der Waals surface area contributed by atoms with E-state index in [0.717, 1.165) is 28.3 Å². The number of nitrogens with zero attached hydrogens (tertiary/aromatic N) is 4. The number of hydrogen-bond donors (Lipinski definition) is 0. The van der Waals surface area contributed by atoms with E-state index >= 15 is 0 Å². The molecule has 0 atom stereocenters. The SMILES string of the molecule is Cc1ccc(C2=CSC(c3c(C)n(C)n(-c4ccccc4)c3=O)=NN2c2ccccc2)cc1. The van der Waals surface area contributed by atoms with Crippen LogP contribution >= 0.6 is 11.8 Å². The molecule has 0 N–H and O–H groups in total. The summed E-state index contributed by atoms with van der Waals surface area (Å²) in [5.74, 6) is 0. The van der Waals surface area contributed by atoms with Crippen LogP contribution in [0.3, 0.4) is 0 Å². The lowest BCUT2D eigenvalue weighted by Crippen LogP contribution is -2.25. The molecule has 164 valence electrons. The molecule has 0 aliphatic carbocycles. The van der Waals surface area contributed by atoms with Crippen LogP contribution in [-0.4, -0.2) is 14.4 Å². The lowest BCUT2D eigenvalue weighted by Gasteiger charge is -2.27. The third-order valence-corrected chi connectivity index (χ3v) is 6.67. The normalized spacial score (nSPS) is 13.6. The topological polar surface area (TPSA) is 42.5 Å². The maximum absolute atomic E-state index is 13.6. The average molecular weight is 453 g/mol. The second kappa shape index (κ2) is 8.64. The maximum Gasteiger partial charge on any atom is 0.281 e.